The van der Waals surface area contributed by atoms with Gasteiger partial charge in [0.25, 0.3) is 0 Å². The van der Waals surface area contributed by atoms with Gasteiger partial charge in [0.15, 0.2) is 5.96 Å². The monoisotopic (exact) mass is 1500 g/mol. The minimum absolute atomic E-state index is 0.000313. The molecule has 35 nitrogen and oxygen atoms in total. The maximum Gasteiger partial charge on any atom is 0.326 e. The van der Waals surface area contributed by atoms with E-state index in [4.69, 9.17) is 28.7 Å². The van der Waals surface area contributed by atoms with Crippen LogP contribution in [-0.2, 0) is 81.6 Å². The van der Waals surface area contributed by atoms with E-state index in [9.17, 15) is 87.9 Å². The average molecular weight is 1500 g/mol. The lowest BCUT2D eigenvalue weighted by Gasteiger charge is -2.31. The summed E-state index contributed by atoms with van der Waals surface area (Å²) >= 11 is 1.35. The molecule has 4 rings (SSSR count). The number of hydrogen-bond acceptors (Lipinski definition) is 21. The Labute approximate surface area is 619 Å². The van der Waals surface area contributed by atoms with Crippen LogP contribution in [0.3, 0.4) is 0 Å². The Balaban J connectivity index is 1.56. The summed E-state index contributed by atoms with van der Waals surface area (Å²) in [6.07, 6.45) is 2.23. The molecule has 3 aromatic carbocycles. The average Bonchev–Trinajstić information content (AvgIpc) is 1.58. The summed E-state index contributed by atoms with van der Waals surface area (Å²) in [5, 5.41) is 75.1. The van der Waals surface area contributed by atoms with Gasteiger partial charge in [0.05, 0.1) is 19.0 Å². The van der Waals surface area contributed by atoms with Crippen LogP contribution in [0.25, 0.3) is 0 Å². The fraction of sp³-hybridized carbons (Fsp3) is 0.543. The Morgan fingerprint density at radius 1 is 0.538 bits per heavy atom. The van der Waals surface area contributed by atoms with Crippen molar-refractivity contribution in [1.82, 2.24) is 58.1 Å². The fourth-order valence-electron chi connectivity index (χ4n) is 11.3. The first-order valence-electron chi connectivity index (χ1n) is 35.2. The summed E-state index contributed by atoms with van der Waals surface area (Å²) < 4.78 is 0. The summed E-state index contributed by atoms with van der Waals surface area (Å²) in [5.74, 6) is -13.2. The number of rotatable bonds is 47. The van der Waals surface area contributed by atoms with E-state index < -0.39 is 162 Å². The second-order valence-corrected chi connectivity index (χ2v) is 26.9. The lowest BCUT2D eigenvalue weighted by molar-refractivity contribution is -0.144. The molecule has 36 heteroatoms. The Kier molecular flexibility index (Phi) is 38.1. The van der Waals surface area contributed by atoms with Crippen molar-refractivity contribution in [1.29, 1.82) is 0 Å². The zero-order valence-electron chi connectivity index (χ0n) is 60.1. The van der Waals surface area contributed by atoms with Crippen molar-refractivity contribution < 1.29 is 87.9 Å². The summed E-state index contributed by atoms with van der Waals surface area (Å²) in [5.41, 5.74) is 30.5. The van der Waals surface area contributed by atoms with Gasteiger partial charge in [-0.1, -0.05) is 56.7 Å². The van der Waals surface area contributed by atoms with Crippen LogP contribution in [-0.4, -0.2) is 225 Å². The van der Waals surface area contributed by atoms with Crippen LogP contribution >= 0.6 is 11.8 Å². The van der Waals surface area contributed by atoms with Crippen LogP contribution in [0.2, 0.25) is 0 Å². The normalized spacial score (nSPS) is 15.6. The maximum absolute atomic E-state index is 14.9. The molecule has 1 aliphatic rings. The van der Waals surface area contributed by atoms with Crippen molar-refractivity contribution in [2.24, 2.45) is 39.6 Å². The highest BCUT2D eigenvalue weighted by Gasteiger charge is 2.41. The van der Waals surface area contributed by atoms with Gasteiger partial charge in [-0.3, -0.25) is 62.5 Å². The topological polar surface area (TPSA) is 589 Å². The number of aliphatic imine (C=N–C) groups is 1. The van der Waals surface area contributed by atoms with Gasteiger partial charge < -0.3 is 112 Å². The third-order valence-electron chi connectivity index (χ3n) is 17.5. The minimum atomic E-state index is -1.83. The van der Waals surface area contributed by atoms with Crippen molar-refractivity contribution in [3.8, 4) is 17.2 Å². The Hall–Kier alpha value is -10.3. The molecule has 0 unspecified atom stereocenters. The quantitative estimate of drug-likeness (QED) is 0.0156. The molecule has 0 bridgehead atoms. The van der Waals surface area contributed by atoms with Crippen LogP contribution in [0.4, 0.5) is 0 Å². The molecule has 25 N–H and O–H groups in total. The predicted molar refractivity (Wildman–Crippen MR) is 392 cm³/mol. The number of phenols is 3. The number of nitrogens with two attached hydrogens (primary N) is 5. The molecule has 1 fully saturated rings. The molecule has 12 atom stereocenters. The second-order valence-electron chi connectivity index (χ2n) is 26.0. The number of aliphatic carboxylic acids is 2. The van der Waals surface area contributed by atoms with Crippen molar-refractivity contribution in [3.63, 3.8) is 0 Å². The highest BCUT2D eigenvalue weighted by Crippen LogP contribution is 2.22. The lowest BCUT2D eigenvalue weighted by Crippen LogP contribution is -2.61. The van der Waals surface area contributed by atoms with E-state index in [0.717, 1.165) is 4.90 Å². The molecule has 584 valence electrons. The Bertz CT molecular complexity index is 3460. The number of likely N-dealkylation sites (tertiary alicyclic amines) is 1. The molecule has 0 radical (unpaired) electrons. The van der Waals surface area contributed by atoms with E-state index in [1.807, 2.05) is 0 Å². The highest BCUT2D eigenvalue weighted by molar-refractivity contribution is 7.98. The number of carbonyl (C=O) groups is 13. The molecule has 106 heavy (non-hydrogen) atoms. The third kappa shape index (κ3) is 30.8. The first-order chi connectivity index (χ1) is 50.4. The summed E-state index contributed by atoms with van der Waals surface area (Å²) in [6, 6.07) is 2.05. The Morgan fingerprint density at radius 3 is 1.51 bits per heavy atom. The summed E-state index contributed by atoms with van der Waals surface area (Å²) in [7, 11) is 0. The first-order valence-corrected chi connectivity index (χ1v) is 36.6. The number of carbonyl (C=O) groups excluding carboxylic acids is 11. The molecule has 0 aromatic heterocycles. The van der Waals surface area contributed by atoms with Crippen molar-refractivity contribution in [2.75, 3.05) is 44.7 Å². The number of hydrogen-bond donors (Lipinski definition) is 20. The number of nitrogens with zero attached hydrogens (tertiary/aromatic N) is 2. The summed E-state index contributed by atoms with van der Waals surface area (Å²) in [6.45, 7) is 4.33. The van der Waals surface area contributed by atoms with E-state index in [-0.39, 0.29) is 120 Å². The van der Waals surface area contributed by atoms with Gasteiger partial charge in [0, 0.05) is 25.9 Å². The van der Waals surface area contributed by atoms with E-state index in [1.54, 1.807) is 32.2 Å². The third-order valence-corrected chi connectivity index (χ3v) is 18.2. The van der Waals surface area contributed by atoms with Crippen molar-refractivity contribution in [3.05, 3.63) is 89.5 Å². The predicted octanol–water partition coefficient (Wildman–Crippen LogP) is -2.68. The minimum Gasteiger partial charge on any atom is -0.508 e. The van der Waals surface area contributed by atoms with E-state index in [2.05, 4.69) is 58.2 Å². The van der Waals surface area contributed by atoms with E-state index in [1.165, 1.54) is 79.3 Å². The summed E-state index contributed by atoms with van der Waals surface area (Å²) in [4.78, 5) is 185. The van der Waals surface area contributed by atoms with Gasteiger partial charge in [-0.25, -0.2) is 4.79 Å². The maximum atomic E-state index is 14.9. The molecular weight excluding hydrogens is 1400 g/mol. The molecular formula is C70H105N17O18S. The van der Waals surface area contributed by atoms with Gasteiger partial charge in [-0.15, -0.1) is 0 Å². The fourth-order valence-corrected chi connectivity index (χ4v) is 11.8. The molecule has 11 amide bonds. The number of phenolic OH excluding ortho intramolecular Hbond substituents is 3. The molecule has 1 aliphatic heterocycles. The molecule has 1 heterocycles. The van der Waals surface area contributed by atoms with Gasteiger partial charge in [-0.05, 0) is 168 Å². The lowest BCUT2D eigenvalue weighted by atomic mass is 9.96. The zero-order valence-corrected chi connectivity index (χ0v) is 61.0. The largest absolute Gasteiger partial charge is 0.508 e. The van der Waals surface area contributed by atoms with Crippen molar-refractivity contribution in [2.45, 2.75) is 190 Å². The number of carboxylic acids is 2. The standard InChI is InChI=1S/C70H105N17O18S/c1-5-39(2)58(86-63(98)49(13-7-9-30-72)79-59(94)40(3)78-56(91)38-77-61(96)52(35-42-18-24-45(89)25-19-42)83-60(95)47(73)34-41-16-22-44(88)23-17-41)67(102)85-53(36-43-20-26-46(90)27-21-43)64(99)81-50(14-10-31-76-70(74)75)68(103)87-32-11-15-55(87)66(101)84-54(37-57(92)93)65(100)80-48(12-6-8-29-71)62(97)82-51(69(104)105)28-33-106-4/h16-27,39-40,47-55,58,88-90H,5-15,28-38,71-73H2,1-4H3,(H,77,96)(H,78,91)(H,79,94)(H,80,100)(H,81,99)(H,82,97)(H,83,95)(H,84,101)(H,85,102)(H,86,98)(H,92,93)(H,104,105)(H4,74,75,76)/t39-,40-,47-,48-,49-,50-,51-,52-,53-,54-,55-,58-/m0/s1. The van der Waals surface area contributed by atoms with Gasteiger partial charge in [-0.2, -0.15) is 11.8 Å². The van der Waals surface area contributed by atoms with E-state index in [0.29, 0.717) is 48.1 Å². The number of carboxylic acid groups (broad SMARTS) is 2. The van der Waals surface area contributed by atoms with Crippen LogP contribution < -0.4 is 81.8 Å². The number of thioether (sulfide) groups is 1. The van der Waals surface area contributed by atoms with Gasteiger partial charge in [0.1, 0.15) is 77.7 Å². The first kappa shape index (κ1) is 88.1. The second kappa shape index (κ2) is 45.8. The van der Waals surface area contributed by atoms with Gasteiger partial charge >= 0.3 is 11.9 Å². The van der Waals surface area contributed by atoms with Crippen molar-refractivity contribution >= 4 is 94.6 Å². The van der Waals surface area contributed by atoms with Gasteiger partial charge in [0.2, 0.25) is 65.0 Å². The molecule has 0 aliphatic carbocycles. The van der Waals surface area contributed by atoms with Crippen LogP contribution in [0.5, 0.6) is 17.2 Å². The van der Waals surface area contributed by atoms with E-state index >= 15 is 0 Å². The van der Waals surface area contributed by atoms with Crippen LogP contribution in [0, 0.1) is 5.92 Å². The smallest absolute Gasteiger partial charge is 0.326 e. The number of nitrogens with one attached hydrogen (secondary N) is 10. The molecule has 0 saturated carbocycles. The number of amides is 11. The number of unbranched alkanes of at least 4 members (excludes halogenated alkanes) is 2. The number of benzene rings is 3. The number of guanidine groups is 1. The SMILES string of the molecule is CC[C@H](C)[C@H](NC(=O)[C@H](CCCCN)NC(=O)[C@H](C)NC(=O)CNC(=O)[C@H](Cc1ccc(O)cc1)NC(=O)[C@@H](N)Cc1ccc(O)cc1)C(=O)N[C@@H](Cc1ccc(O)cc1)C(=O)N[C@@H](CCCN=C(N)N)C(=O)N1CCC[C@H]1C(=O)N[C@@H](CC(=O)O)C(=O)N[C@@H](CCCCN)C(=O)N[C@@H](CCSC)C(=O)O. The molecule has 1 saturated heterocycles. The Morgan fingerprint density at radius 2 is 1.00 bits per heavy atom. The molecule has 0 spiro atoms. The number of aromatic hydroxyl groups is 3. The molecule has 3 aromatic rings. The highest BCUT2D eigenvalue weighted by atomic mass is 32.2. The van der Waals surface area contributed by atoms with Crippen LogP contribution in [0.15, 0.2) is 77.8 Å². The zero-order chi connectivity index (χ0) is 78.6. The van der Waals surface area contributed by atoms with Crippen LogP contribution in [0.1, 0.15) is 121 Å².